The van der Waals surface area contributed by atoms with Crippen LogP contribution in [0.25, 0.3) is 5.57 Å². The monoisotopic (exact) mass is 160 g/mol. The van der Waals surface area contributed by atoms with Gasteiger partial charge < -0.3 is 4.74 Å². The van der Waals surface area contributed by atoms with Crippen LogP contribution >= 0.6 is 0 Å². The first-order valence-electron chi connectivity index (χ1n) is 4.13. The second-order valence-electron chi connectivity index (χ2n) is 3.09. The summed E-state index contributed by atoms with van der Waals surface area (Å²) in [7, 11) is 1.75. The molecule has 0 radical (unpaired) electrons. The Balaban J connectivity index is 2.52. The maximum atomic E-state index is 5.33. The van der Waals surface area contributed by atoms with Crippen LogP contribution in [0.3, 0.4) is 0 Å². The molecule has 1 unspecified atom stereocenters. The molecule has 0 N–H and O–H groups in total. The lowest BCUT2D eigenvalue weighted by Crippen LogP contribution is -1.94. The molecule has 2 rings (SSSR count). The third-order valence-electron chi connectivity index (χ3n) is 2.35. The normalized spacial score (nSPS) is 20.5. The standard InChI is InChI=1S/C11H12O/c1-8-7-11(12-2)10-6-4-3-5-9(8)10/h3-7,11H,1-2H3. The third kappa shape index (κ3) is 0.978. The number of ether oxygens (including phenoxy) is 1. The highest BCUT2D eigenvalue weighted by molar-refractivity contribution is 5.72. The van der Waals surface area contributed by atoms with Crippen molar-refractivity contribution in [3.05, 3.63) is 41.5 Å². The van der Waals surface area contributed by atoms with Gasteiger partial charge in [0, 0.05) is 7.11 Å². The molecule has 0 spiro atoms. The average Bonchev–Trinajstić information content (AvgIpc) is 2.44. The van der Waals surface area contributed by atoms with E-state index in [4.69, 9.17) is 4.74 Å². The largest absolute Gasteiger partial charge is 0.373 e. The number of hydrogen-bond donors (Lipinski definition) is 0. The molecule has 0 saturated carbocycles. The van der Waals surface area contributed by atoms with Crippen molar-refractivity contribution in [2.45, 2.75) is 13.0 Å². The highest BCUT2D eigenvalue weighted by Crippen LogP contribution is 2.35. The Morgan fingerprint density at radius 1 is 1.25 bits per heavy atom. The maximum absolute atomic E-state index is 5.33. The van der Waals surface area contributed by atoms with E-state index >= 15 is 0 Å². The minimum absolute atomic E-state index is 0.168. The van der Waals surface area contributed by atoms with Crippen LogP contribution < -0.4 is 0 Å². The first-order valence-corrected chi connectivity index (χ1v) is 4.13. The highest BCUT2D eigenvalue weighted by Gasteiger charge is 2.19. The van der Waals surface area contributed by atoms with Crippen LogP contribution in [-0.2, 0) is 4.74 Å². The van der Waals surface area contributed by atoms with E-state index in [-0.39, 0.29) is 6.10 Å². The van der Waals surface area contributed by atoms with Crippen molar-refractivity contribution < 1.29 is 4.74 Å². The predicted molar refractivity (Wildman–Crippen MR) is 49.8 cm³/mol. The summed E-state index contributed by atoms with van der Waals surface area (Å²) in [6.07, 6.45) is 2.33. The molecule has 0 fully saturated rings. The van der Waals surface area contributed by atoms with Crippen LogP contribution in [0.2, 0.25) is 0 Å². The summed E-state index contributed by atoms with van der Waals surface area (Å²) in [5, 5.41) is 0. The zero-order valence-corrected chi connectivity index (χ0v) is 7.37. The summed E-state index contributed by atoms with van der Waals surface area (Å²) < 4.78 is 5.33. The van der Waals surface area contributed by atoms with Crippen molar-refractivity contribution in [2.24, 2.45) is 0 Å². The molecule has 0 saturated heterocycles. The Hall–Kier alpha value is -1.08. The lowest BCUT2D eigenvalue weighted by molar-refractivity contribution is 0.145. The minimum atomic E-state index is 0.168. The lowest BCUT2D eigenvalue weighted by Gasteiger charge is -2.07. The van der Waals surface area contributed by atoms with Crippen molar-refractivity contribution in [2.75, 3.05) is 7.11 Å². The SMILES string of the molecule is COC1C=C(C)c2ccccc21. The smallest absolute Gasteiger partial charge is 0.101 e. The van der Waals surface area contributed by atoms with Crippen molar-refractivity contribution in [1.29, 1.82) is 0 Å². The van der Waals surface area contributed by atoms with E-state index in [1.54, 1.807) is 7.11 Å². The van der Waals surface area contributed by atoms with Gasteiger partial charge in [-0.25, -0.2) is 0 Å². The van der Waals surface area contributed by atoms with Gasteiger partial charge in [-0.3, -0.25) is 0 Å². The van der Waals surface area contributed by atoms with Crippen LogP contribution in [0.5, 0.6) is 0 Å². The summed E-state index contributed by atoms with van der Waals surface area (Å²) in [6.45, 7) is 2.12. The Bertz CT molecular complexity index is 326. The van der Waals surface area contributed by atoms with Gasteiger partial charge in [-0.2, -0.15) is 0 Å². The van der Waals surface area contributed by atoms with Gasteiger partial charge in [0.15, 0.2) is 0 Å². The van der Waals surface area contributed by atoms with Gasteiger partial charge in [-0.05, 0) is 29.7 Å². The van der Waals surface area contributed by atoms with E-state index < -0.39 is 0 Å². The second-order valence-corrected chi connectivity index (χ2v) is 3.09. The second kappa shape index (κ2) is 2.76. The Labute approximate surface area is 72.7 Å². The van der Waals surface area contributed by atoms with Gasteiger partial charge in [0.25, 0.3) is 0 Å². The first-order chi connectivity index (χ1) is 5.83. The van der Waals surface area contributed by atoms with Crippen LogP contribution in [0.4, 0.5) is 0 Å². The molecule has 0 amide bonds. The summed E-state index contributed by atoms with van der Waals surface area (Å²) in [5.74, 6) is 0. The fraction of sp³-hybridized carbons (Fsp3) is 0.273. The molecule has 1 atom stereocenters. The first kappa shape index (κ1) is 7.56. The molecule has 1 aromatic carbocycles. The highest BCUT2D eigenvalue weighted by atomic mass is 16.5. The van der Waals surface area contributed by atoms with Gasteiger partial charge in [-0.1, -0.05) is 24.3 Å². The number of methoxy groups -OCH3 is 1. The van der Waals surface area contributed by atoms with Gasteiger partial charge in [0.05, 0.1) is 0 Å². The van der Waals surface area contributed by atoms with Gasteiger partial charge in [0.2, 0.25) is 0 Å². The molecule has 12 heavy (non-hydrogen) atoms. The van der Waals surface area contributed by atoms with E-state index in [0.717, 1.165) is 0 Å². The van der Waals surface area contributed by atoms with Crippen LogP contribution in [0.15, 0.2) is 30.3 Å². The summed E-state index contributed by atoms with van der Waals surface area (Å²) in [5.41, 5.74) is 3.93. The number of fused-ring (bicyclic) bond motifs is 1. The Kier molecular flexibility index (Phi) is 1.74. The van der Waals surface area contributed by atoms with Crippen LogP contribution in [0.1, 0.15) is 24.2 Å². The molecular formula is C11H12O. The zero-order chi connectivity index (χ0) is 8.55. The van der Waals surface area contributed by atoms with E-state index in [2.05, 4.69) is 37.3 Å². The summed E-state index contributed by atoms with van der Waals surface area (Å²) >= 11 is 0. The Morgan fingerprint density at radius 3 is 2.75 bits per heavy atom. The number of rotatable bonds is 1. The molecule has 0 aromatic heterocycles. The van der Waals surface area contributed by atoms with Crippen LogP contribution in [-0.4, -0.2) is 7.11 Å². The van der Waals surface area contributed by atoms with Gasteiger partial charge in [-0.15, -0.1) is 0 Å². The molecular weight excluding hydrogens is 148 g/mol. The van der Waals surface area contributed by atoms with E-state index in [1.807, 2.05) is 0 Å². The van der Waals surface area contributed by atoms with Crippen molar-refractivity contribution >= 4 is 5.57 Å². The van der Waals surface area contributed by atoms with Crippen molar-refractivity contribution in [3.8, 4) is 0 Å². The predicted octanol–water partition coefficient (Wildman–Crippen LogP) is 2.79. The van der Waals surface area contributed by atoms with Crippen molar-refractivity contribution in [3.63, 3.8) is 0 Å². The van der Waals surface area contributed by atoms with Gasteiger partial charge >= 0.3 is 0 Å². The molecule has 1 aromatic rings. The van der Waals surface area contributed by atoms with Crippen LogP contribution in [0, 0.1) is 0 Å². The average molecular weight is 160 g/mol. The van der Waals surface area contributed by atoms with E-state index in [9.17, 15) is 0 Å². The van der Waals surface area contributed by atoms with E-state index in [1.165, 1.54) is 16.7 Å². The topological polar surface area (TPSA) is 9.23 Å². The quantitative estimate of drug-likeness (QED) is 0.613. The van der Waals surface area contributed by atoms with Crippen molar-refractivity contribution in [1.82, 2.24) is 0 Å². The molecule has 0 heterocycles. The maximum Gasteiger partial charge on any atom is 0.101 e. The summed E-state index contributed by atoms with van der Waals surface area (Å²) in [4.78, 5) is 0. The minimum Gasteiger partial charge on any atom is -0.373 e. The molecule has 1 nitrogen and oxygen atoms in total. The molecule has 62 valence electrons. The molecule has 0 aliphatic heterocycles. The lowest BCUT2D eigenvalue weighted by atomic mass is 10.1. The zero-order valence-electron chi connectivity index (χ0n) is 7.37. The molecule has 1 aliphatic rings. The molecule has 1 heteroatoms. The Morgan fingerprint density at radius 2 is 2.00 bits per heavy atom. The fourth-order valence-corrected chi connectivity index (χ4v) is 1.71. The fourth-order valence-electron chi connectivity index (χ4n) is 1.71. The number of benzene rings is 1. The summed E-state index contributed by atoms with van der Waals surface area (Å²) in [6, 6.07) is 8.38. The number of hydrogen-bond acceptors (Lipinski definition) is 1. The number of allylic oxidation sites excluding steroid dienone is 1. The van der Waals surface area contributed by atoms with Gasteiger partial charge in [0.1, 0.15) is 6.10 Å². The molecule has 0 bridgehead atoms. The van der Waals surface area contributed by atoms with E-state index in [0.29, 0.717) is 0 Å². The molecule has 1 aliphatic carbocycles. The third-order valence-corrected chi connectivity index (χ3v) is 2.35.